The second-order valence-electron chi connectivity index (χ2n) is 8.52. The minimum atomic E-state index is -0.460. The Hall–Kier alpha value is -4.06. The Kier molecular flexibility index (Phi) is 5.80. The highest BCUT2D eigenvalue weighted by Crippen LogP contribution is 2.44. The maximum atomic E-state index is 12.3. The molecule has 6 nitrogen and oxygen atoms in total. The van der Waals surface area contributed by atoms with Crippen LogP contribution in [0.3, 0.4) is 0 Å². The van der Waals surface area contributed by atoms with Gasteiger partial charge in [-0.1, -0.05) is 60.7 Å². The highest BCUT2D eigenvalue weighted by atomic mass is 16.6. The van der Waals surface area contributed by atoms with E-state index in [1.807, 2.05) is 36.4 Å². The summed E-state index contributed by atoms with van der Waals surface area (Å²) in [6.07, 6.45) is 1.43. The molecule has 1 heterocycles. The van der Waals surface area contributed by atoms with Crippen LogP contribution in [0.15, 0.2) is 72.8 Å². The minimum Gasteiger partial charge on any atom is -0.481 e. The molecule has 2 N–H and O–H groups in total. The van der Waals surface area contributed by atoms with Gasteiger partial charge < -0.3 is 19.8 Å². The van der Waals surface area contributed by atoms with Crippen molar-refractivity contribution in [3.8, 4) is 16.9 Å². The molecule has 0 fully saturated rings. The topological polar surface area (TPSA) is 83.6 Å². The molecular formula is C28H26N2O4. The number of methoxy groups -OCH3 is 1. The number of carbonyl (C=O) groups is 2. The summed E-state index contributed by atoms with van der Waals surface area (Å²) in [5.74, 6) is -0.613. The van der Waals surface area contributed by atoms with E-state index in [4.69, 9.17) is 15.2 Å². The van der Waals surface area contributed by atoms with Gasteiger partial charge in [0.15, 0.2) is 6.61 Å². The molecule has 1 unspecified atom stereocenters. The normalized spacial score (nSPS) is 14.7. The van der Waals surface area contributed by atoms with E-state index in [-0.39, 0.29) is 18.4 Å². The molecule has 3 aromatic carbocycles. The van der Waals surface area contributed by atoms with Crippen molar-refractivity contribution in [1.82, 2.24) is 4.57 Å². The highest BCUT2D eigenvalue weighted by molar-refractivity contribution is 5.97. The van der Waals surface area contributed by atoms with E-state index in [2.05, 4.69) is 41.0 Å². The van der Waals surface area contributed by atoms with Crippen molar-refractivity contribution in [2.45, 2.75) is 25.3 Å². The van der Waals surface area contributed by atoms with Crippen LogP contribution in [0.25, 0.3) is 22.0 Å². The number of primary amides is 1. The first-order valence-electron chi connectivity index (χ1n) is 11.3. The first kappa shape index (κ1) is 21.8. The van der Waals surface area contributed by atoms with Gasteiger partial charge in [0.2, 0.25) is 5.91 Å². The Morgan fingerprint density at radius 2 is 1.71 bits per heavy atom. The zero-order valence-corrected chi connectivity index (χ0v) is 19.0. The van der Waals surface area contributed by atoms with Crippen LogP contribution < -0.4 is 10.5 Å². The second-order valence-corrected chi connectivity index (χ2v) is 8.52. The van der Waals surface area contributed by atoms with Crippen molar-refractivity contribution in [3.05, 3.63) is 89.6 Å². The fourth-order valence-corrected chi connectivity index (χ4v) is 4.92. The fraction of sp³-hybridized carbons (Fsp3) is 0.214. The zero-order valence-electron chi connectivity index (χ0n) is 19.0. The van der Waals surface area contributed by atoms with Crippen LogP contribution in [0.1, 0.15) is 29.2 Å². The van der Waals surface area contributed by atoms with Crippen molar-refractivity contribution in [2.24, 2.45) is 5.73 Å². The molecule has 1 aliphatic rings. The zero-order chi connectivity index (χ0) is 23.7. The summed E-state index contributed by atoms with van der Waals surface area (Å²) < 4.78 is 12.8. The number of amides is 1. The molecule has 0 aliphatic heterocycles. The molecule has 0 saturated heterocycles. The number of carbonyl (C=O) groups excluding carboxylic acids is 2. The summed E-state index contributed by atoms with van der Waals surface area (Å²) in [5, 5.41) is 0.851. The summed E-state index contributed by atoms with van der Waals surface area (Å²) in [5.41, 5.74) is 12.2. The molecule has 0 radical (unpaired) electrons. The summed E-state index contributed by atoms with van der Waals surface area (Å²) >= 11 is 0. The van der Waals surface area contributed by atoms with Gasteiger partial charge >= 0.3 is 5.97 Å². The summed E-state index contributed by atoms with van der Waals surface area (Å²) in [4.78, 5) is 23.9. The number of nitrogens with two attached hydrogens (primary N) is 1. The number of hydrogen-bond donors (Lipinski definition) is 1. The summed E-state index contributed by atoms with van der Waals surface area (Å²) in [7, 11) is 1.33. The number of esters is 1. The van der Waals surface area contributed by atoms with Crippen LogP contribution in [-0.4, -0.2) is 30.2 Å². The lowest BCUT2D eigenvalue weighted by Crippen LogP contribution is -2.19. The molecule has 1 aliphatic carbocycles. The van der Waals surface area contributed by atoms with Crippen molar-refractivity contribution in [3.63, 3.8) is 0 Å². The van der Waals surface area contributed by atoms with E-state index in [0.717, 1.165) is 34.1 Å². The van der Waals surface area contributed by atoms with Crippen LogP contribution in [0.2, 0.25) is 0 Å². The van der Waals surface area contributed by atoms with Crippen LogP contribution in [-0.2, 0) is 27.3 Å². The van der Waals surface area contributed by atoms with Gasteiger partial charge in [-0.3, -0.25) is 4.79 Å². The Morgan fingerprint density at radius 3 is 2.41 bits per heavy atom. The summed E-state index contributed by atoms with van der Waals surface area (Å²) in [6, 6.07) is 24.6. The predicted octanol–water partition coefficient (Wildman–Crippen LogP) is 4.42. The van der Waals surface area contributed by atoms with Crippen molar-refractivity contribution in [2.75, 3.05) is 13.7 Å². The number of aromatic nitrogens is 1. The molecule has 172 valence electrons. The molecule has 0 spiro atoms. The molecule has 5 rings (SSSR count). The number of hydrogen-bond acceptors (Lipinski definition) is 4. The number of fused-ring (bicyclic) bond motifs is 3. The first-order chi connectivity index (χ1) is 16.6. The van der Waals surface area contributed by atoms with Crippen molar-refractivity contribution >= 4 is 22.8 Å². The molecular weight excluding hydrogens is 428 g/mol. The van der Waals surface area contributed by atoms with Crippen LogP contribution in [0, 0.1) is 0 Å². The van der Waals surface area contributed by atoms with Gasteiger partial charge in [-0.2, -0.15) is 0 Å². The predicted molar refractivity (Wildman–Crippen MR) is 131 cm³/mol. The number of benzene rings is 3. The Labute approximate surface area is 197 Å². The largest absolute Gasteiger partial charge is 0.481 e. The smallest absolute Gasteiger partial charge is 0.343 e. The quantitative estimate of drug-likeness (QED) is 0.419. The van der Waals surface area contributed by atoms with Gasteiger partial charge in [0, 0.05) is 17.6 Å². The molecule has 1 amide bonds. The first-order valence-corrected chi connectivity index (χ1v) is 11.3. The average molecular weight is 455 g/mol. The van der Waals surface area contributed by atoms with E-state index in [9.17, 15) is 9.59 Å². The van der Waals surface area contributed by atoms with Gasteiger partial charge in [-0.25, -0.2) is 4.79 Å². The van der Waals surface area contributed by atoms with Crippen molar-refractivity contribution in [1.29, 1.82) is 0 Å². The number of rotatable bonds is 7. The number of nitrogens with zero attached hydrogens (tertiary/aromatic N) is 1. The monoisotopic (exact) mass is 454 g/mol. The third-order valence-corrected chi connectivity index (χ3v) is 6.54. The van der Waals surface area contributed by atoms with E-state index < -0.39 is 5.97 Å². The van der Waals surface area contributed by atoms with Crippen LogP contribution in [0.5, 0.6) is 5.75 Å². The van der Waals surface area contributed by atoms with Gasteiger partial charge in [-0.05, 0) is 47.2 Å². The highest BCUT2D eigenvalue weighted by Gasteiger charge is 2.34. The van der Waals surface area contributed by atoms with Gasteiger partial charge in [0.1, 0.15) is 5.75 Å². The Bertz CT molecular complexity index is 1360. The van der Waals surface area contributed by atoms with Gasteiger partial charge in [0.05, 0.1) is 18.5 Å². The molecule has 1 aromatic heterocycles. The SMILES string of the molecule is COC(=O)COc1cccc2c1c1c(n2Cc2ccc(-c3ccccc3)cc2)CCC1C(N)=O. The fourth-order valence-electron chi connectivity index (χ4n) is 4.92. The maximum absolute atomic E-state index is 12.3. The lowest BCUT2D eigenvalue weighted by atomic mass is 9.99. The lowest BCUT2D eigenvalue weighted by Gasteiger charge is -2.12. The molecule has 6 heteroatoms. The molecule has 1 atom stereocenters. The molecule has 4 aromatic rings. The average Bonchev–Trinajstić information content (AvgIpc) is 3.43. The third kappa shape index (κ3) is 3.92. The molecule has 34 heavy (non-hydrogen) atoms. The lowest BCUT2D eigenvalue weighted by molar-refractivity contribution is -0.142. The summed E-state index contributed by atoms with van der Waals surface area (Å²) in [6.45, 7) is 0.463. The Morgan fingerprint density at radius 1 is 0.971 bits per heavy atom. The van der Waals surface area contributed by atoms with E-state index in [1.165, 1.54) is 18.2 Å². The maximum Gasteiger partial charge on any atom is 0.343 e. The van der Waals surface area contributed by atoms with Gasteiger partial charge in [-0.15, -0.1) is 0 Å². The Balaban J connectivity index is 1.55. The third-order valence-electron chi connectivity index (χ3n) is 6.54. The van der Waals surface area contributed by atoms with E-state index in [1.54, 1.807) is 0 Å². The van der Waals surface area contributed by atoms with Crippen LogP contribution >= 0.6 is 0 Å². The van der Waals surface area contributed by atoms with Crippen LogP contribution in [0.4, 0.5) is 0 Å². The van der Waals surface area contributed by atoms with E-state index in [0.29, 0.717) is 18.7 Å². The second kappa shape index (κ2) is 9.06. The van der Waals surface area contributed by atoms with E-state index >= 15 is 0 Å². The molecule has 0 bridgehead atoms. The standard InChI is InChI=1S/C28H26N2O4/c1-33-25(31)17-34-24-9-5-8-22-27(24)26-21(28(29)32)14-15-23(26)30(22)16-18-10-12-20(13-11-18)19-6-3-2-4-7-19/h2-13,21H,14-17H2,1H3,(H2,29,32). The minimum absolute atomic E-state index is 0.197. The number of ether oxygens (including phenoxy) is 2. The van der Waals surface area contributed by atoms with Crippen molar-refractivity contribution < 1.29 is 19.1 Å². The molecule has 0 saturated carbocycles. The van der Waals surface area contributed by atoms with Gasteiger partial charge in [0.25, 0.3) is 0 Å².